The number of carbonyl (C=O) groups is 1. The van der Waals surface area contributed by atoms with Gasteiger partial charge in [-0.3, -0.25) is 9.59 Å². The Morgan fingerprint density at radius 1 is 1.32 bits per heavy atom. The summed E-state index contributed by atoms with van der Waals surface area (Å²) in [5.74, 6) is 0.737. The number of pyridine rings is 1. The number of anilines is 1. The van der Waals surface area contributed by atoms with Gasteiger partial charge in [0.25, 0.3) is 5.56 Å². The Hall–Kier alpha value is -2.76. The Morgan fingerprint density at radius 2 is 2.18 bits per heavy atom. The highest BCUT2D eigenvalue weighted by Gasteiger charge is 2.23. The average Bonchev–Trinajstić information content (AvgIpc) is 2.71. The van der Waals surface area contributed by atoms with E-state index in [1.165, 1.54) is 5.56 Å². The zero-order valence-electron chi connectivity index (χ0n) is 16.6. The molecule has 1 unspecified atom stereocenters. The van der Waals surface area contributed by atoms with E-state index in [-0.39, 0.29) is 17.6 Å². The molecule has 1 atom stereocenters. The van der Waals surface area contributed by atoms with Gasteiger partial charge in [0.05, 0.1) is 13.2 Å². The number of hydrogen-bond donors (Lipinski definition) is 1. The van der Waals surface area contributed by atoms with Crippen molar-refractivity contribution in [1.29, 1.82) is 0 Å². The molecule has 0 amide bonds. The van der Waals surface area contributed by atoms with Gasteiger partial charge in [-0.1, -0.05) is 12.1 Å². The number of benzene rings is 1. The van der Waals surface area contributed by atoms with Crippen LogP contribution in [0.3, 0.4) is 0 Å². The van der Waals surface area contributed by atoms with Gasteiger partial charge in [0.2, 0.25) is 0 Å². The molecule has 0 fully saturated rings. The molecule has 150 valence electrons. The molecule has 0 saturated heterocycles. The zero-order valence-corrected chi connectivity index (χ0v) is 16.6. The minimum absolute atomic E-state index is 0.0393. The molecule has 0 aliphatic carbocycles. The van der Waals surface area contributed by atoms with E-state index in [0.29, 0.717) is 31.7 Å². The molecule has 2 aromatic rings. The number of nitrogens with one attached hydrogen (secondary N) is 1. The summed E-state index contributed by atoms with van der Waals surface area (Å²) in [5, 5.41) is 0. The van der Waals surface area contributed by atoms with Crippen molar-refractivity contribution in [3.8, 4) is 5.75 Å². The Morgan fingerprint density at radius 3 is 2.93 bits per heavy atom. The van der Waals surface area contributed by atoms with E-state index >= 15 is 0 Å². The van der Waals surface area contributed by atoms with Gasteiger partial charge < -0.3 is 19.4 Å². The molecule has 0 saturated carbocycles. The Labute approximate surface area is 165 Å². The van der Waals surface area contributed by atoms with Gasteiger partial charge in [-0.25, -0.2) is 0 Å². The van der Waals surface area contributed by atoms with Gasteiger partial charge in [-0.05, 0) is 62.4 Å². The van der Waals surface area contributed by atoms with Crippen LogP contribution in [0.2, 0.25) is 0 Å². The molecule has 1 aliphatic rings. The first-order chi connectivity index (χ1) is 13.6. The van der Waals surface area contributed by atoms with Crippen LogP contribution < -0.4 is 15.2 Å². The van der Waals surface area contributed by atoms with Crippen molar-refractivity contribution in [2.24, 2.45) is 0 Å². The Balaban J connectivity index is 1.62. The molecule has 1 aliphatic heterocycles. The number of ether oxygens (including phenoxy) is 2. The van der Waals surface area contributed by atoms with E-state index in [1.807, 2.05) is 38.1 Å². The monoisotopic (exact) mass is 384 g/mol. The lowest BCUT2D eigenvalue weighted by molar-refractivity contribution is -0.143. The fourth-order valence-electron chi connectivity index (χ4n) is 3.57. The van der Waals surface area contributed by atoms with Crippen molar-refractivity contribution >= 4 is 11.7 Å². The number of esters is 1. The minimum atomic E-state index is -0.160. The smallest absolute Gasteiger partial charge is 0.306 e. The number of aromatic nitrogens is 1. The topological polar surface area (TPSA) is 71.6 Å². The van der Waals surface area contributed by atoms with Crippen LogP contribution in [0.25, 0.3) is 0 Å². The van der Waals surface area contributed by atoms with Crippen molar-refractivity contribution in [3.05, 3.63) is 58.0 Å². The maximum absolute atomic E-state index is 12.1. The summed E-state index contributed by atoms with van der Waals surface area (Å²) < 4.78 is 11.2. The highest BCUT2D eigenvalue weighted by atomic mass is 16.5. The second kappa shape index (κ2) is 9.44. The normalized spacial score (nSPS) is 15.4. The Kier molecular flexibility index (Phi) is 6.74. The second-order valence-corrected chi connectivity index (χ2v) is 6.95. The number of carbonyl (C=O) groups excluding carboxylic acids is 1. The SMILES string of the molecule is CCOC(=O)CCc1ccc2c(c1)CCC(CN(CC)c1ccc[nH]c1=O)O2. The fourth-order valence-corrected chi connectivity index (χ4v) is 3.57. The van der Waals surface area contributed by atoms with E-state index in [2.05, 4.69) is 16.0 Å². The summed E-state index contributed by atoms with van der Waals surface area (Å²) in [6.45, 7) is 5.69. The summed E-state index contributed by atoms with van der Waals surface area (Å²) in [6, 6.07) is 9.82. The first-order valence-corrected chi connectivity index (χ1v) is 9.97. The van der Waals surface area contributed by atoms with E-state index in [4.69, 9.17) is 9.47 Å². The quantitative estimate of drug-likeness (QED) is 0.708. The highest BCUT2D eigenvalue weighted by Crippen LogP contribution is 2.29. The predicted octanol–water partition coefficient (Wildman–Crippen LogP) is 3.09. The van der Waals surface area contributed by atoms with Gasteiger partial charge in [-0.15, -0.1) is 0 Å². The molecule has 1 N–H and O–H groups in total. The number of aryl methyl sites for hydroxylation is 2. The van der Waals surface area contributed by atoms with Crippen LogP contribution in [0.1, 0.15) is 37.8 Å². The summed E-state index contributed by atoms with van der Waals surface area (Å²) in [7, 11) is 0. The van der Waals surface area contributed by atoms with Gasteiger partial charge in [0.15, 0.2) is 0 Å². The lowest BCUT2D eigenvalue weighted by Gasteiger charge is -2.31. The van der Waals surface area contributed by atoms with E-state index in [9.17, 15) is 9.59 Å². The highest BCUT2D eigenvalue weighted by molar-refractivity contribution is 5.69. The van der Waals surface area contributed by atoms with Crippen molar-refractivity contribution < 1.29 is 14.3 Å². The lowest BCUT2D eigenvalue weighted by atomic mass is 9.98. The van der Waals surface area contributed by atoms with Crippen LogP contribution in [-0.4, -0.2) is 36.8 Å². The van der Waals surface area contributed by atoms with Gasteiger partial charge in [0, 0.05) is 19.2 Å². The summed E-state index contributed by atoms with van der Waals surface area (Å²) in [5.41, 5.74) is 2.90. The first-order valence-electron chi connectivity index (χ1n) is 9.97. The Bertz CT molecular complexity index is 862. The molecule has 1 aromatic heterocycles. The summed E-state index contributed by atoms with van der Waals surface area (Å²) in [4.78, 5) is 28.4. The van der Waals surface area contributed by atoms with Gasteiger partial charge >= 0.3 is 5.97 Å². The van der Waals surface area contributed by atoms with Crippen molar-refractivity contribution in [1.82, 2.24) is 4.98 Å². The van der Waals surface area contributed by atoms with Crippen LogP contribution in [0.15, 0.2) is 41.3 Å². The molecule has 28 heavy (non-hydrogen) atoms. The van der Waals surface area contributed by atoms with E-state index in [0.717, 1.165) is 30.7 Å². The molecule has 0 spiro atoms. The number of hydrogen-bond acceptors (Lipinski definition) is 5. The molecule has 3 rings (SSSR count). The number of nitrogens with zero attached hydrogens (tertiary/aromatic N) is 1. The zero-order chi connectivity index (χ0) is 19.9. The average molecular weight is 384 g/mol. The first kappa shape index (κ1) is 20.0. The number of H-pyrrole nitrogens is 1. The van der Waals surface area contributed by atoms with Gasteiger partial charge in [-0.2, -0.15) is 0 Å². The van der Waals surface area contributed by atoms with Crippen molar-refractivity contribution in [2.45, 2.75) is 45.6 Å². The molecular weight excluding hydrogens is 356 g/mol. The van der Waals surface area contributed by atoms with Crippen molar-refractivity contribution in [3.63, 3.8) is 0 Å². The number of aromatic amines is 1. The minimum Gasteiger partial charge on any atom is -0.488 e. The van der Waals surface area contributed by atoms with Crippen molar-refractivity contribution in [2.75, 3.05) is 24.6 Å². The third-order valence-electron chi connectivity index (χ3n) is 5.02. The molecular formula is C22H28N2O4. The fraction of sp³-hybridized carbons (Fsp3) is 0.455. The molecule has 6 heteroatoms. The molecule has 0 bridgehead atoms. The van der Waals surface area contributed by atoms with Gasteiger partial charge in [0.1, 0.15) is 17.5 Å². The van der Waals surface area contributed by atoms with E-state index < -0.39 is 0 Å². The maximum atomic E-state index is 12.1. The largest absolute Gasteiger partial charge is 0.488 e. The molecule has 2 heterocycles. The standard InChI is InChI=1S/C22H28N2O4/c1-3-24(19-6-5-13-23-22(19)26)15-18-10-9-17-14-16(7-11-20(17)28-18)8-12-21(25)27-4-2/h5-7,11,13-14,18H,3-4,8-10,12,15H2,1-2H3,(H,23,26). The number of rotatable bonds is 8. The predicted molar refractivity (Wildman–Crippen MR) is 109 cm³/mol. The molecule has 0 radical (unpaired) electrons. The van der Waals surface area contributed by atoms with Crippen LogP contribution in [0, 0.1) is 0 Å². The van der Waals surface area contributed by atoms with Crippen LogP contribution in [-0.2, 0) is 22.4 Å². The molecule has 1 aromatic carbocycles. The summed E-state index contributed by atoms with van der Waals surface area (Å²) in [6.07, 6.45) is 4.58. The number of fused-ring (bicyclic) bond motifs is 1. The number of likely N-dealkylation sites (N-methyl/N-ethyl adjacent to an activating group) is 1. The van der Waals surface area contributed by atoms with Crippen LogP contribution in [0.4, 0.5) is 5.69 Å². The second-order valence-electron chi connectivity index (χ2n) is 6.95. The molecule has 6 nitrogen and oxygen atoms in total. The third-order valence-corrected chi connectivity index (χ3v) is 5.02. The lowest BCUT2D eigenvalue weighted by Crippen LogP contribution is -2.39. The third kappa shape index (κ3) is 4.94. The van der Waals surface area contributed by atoms with Crippen LogP contribution >= 0.6 is 0 Å². The van der Waals surface area contributed by atoms with E-state index in [1.54, 1.807) is 6.20 Å². The van der Waals surface area contributed by atoms with Crippen LogP contribution in [0.5, 0.6) is 5.75 Å². The maximum Gasteiger partial charge on any atom is 0.306 e. The summed E-state index contributed by atoms with van der Waals surface area (Å²) >= 11 is 0.